The average Bonchev–Trinajstić information content (AvgIpc) is 2.20. The molecule has 15 heavy (non-hydrogen) atoms. The molecule has 2 nitrogen and oxygen atoms in total. The Balaban J connectivity index is 3.36. The molecule has 0 aromatic rings. The smallest absolute Gasteiger partial charge is 0.0621 e. The predicted octanol–water partition coefficient (Wildman–Crippen LogP) is 3.49. The van der Waals surface area contributed by atoms with Crippen LogP contribution in [0.25, 0.3) is 0 Å². The van der Waals surface area contributed by atoms with E-state index in [2.05, 4.69) is 32.2 Å². The van der Waals surface area contributed by atoms with Crippen molar-refractivity contribution < 1.29 is 0 Å². The number of nitrogens with zero attached hydrogens (tertiary/aromatic N) is 1. The molecule has 0 aliphatic carbocycles. The summed E-state index contributed by atoms with van der Waals surface area (Å²) in [6.45, 7) is 8.84. The van der Waals surface area contributed by atoms with Crippen molar-refractivity contribution >= 4 is 0 Å². The van der Waals surface area contributed by atoms with Gasteiger partial charge in [0.15, 0.2) is 0 Å². The second kappa shape index (κ2) is 8.73. The van der Waals surface area contributed by atoms with Gasteiger partial charge in [0, 0.05) is 13.0 Å². The van der Waals surface area contributed by atoms with Gasteiger partial charge in [0.25, 0.3) is 0 Å². The van der Waals surface area contributed by atoms with Crippen molar-refractivity contribution in [1.29, 1.82) is 5.26 Å². The Hall–Kier alpha value is -0.550. The van der Waals surface area contributed by atoms with Gasteiger partial charge in [-0.25, -0.2) is 0 Å². The first kappa shape index (κ1) is 14.5. The fraction of sp³-hybridized carbons (Fsp3) is 0.923. The SMILES string of the molecule is CCCCCCNCC(C)(C)CCC#N. The van der Waals surface area contributed by atoms with Crippen LogP contribution in [0.15, 0.2) is 0 Å². The van der Waals surface area contributed by atoms with Gasteiger partial charge in [-0.15, -0.1) is 0 Å². The van der Waals surface area contributed by atoms with Gasteiger partial charge in [0.2, 0.25) is 0 Å². The largest absolute Gasteiger partial charge is 0.316 e. The Labute approximate surface area is 95.1 Å². The fourth-order valence-corrected chi connectivity index (χ4v) is 1.59. The molecule has 0 atom stereocenters. The molecule has 1 N–H and O–H groups in total. The summed E-state index contributed by atoms with van der Waals surface area (Å²) in [6.07, 6.45) is 6.92. The second-order valence-electron chi connectivity index (χ2n) is 5.06. The van der Waals surface area contributed by atoms with Gasteiger partial charge in [-0.1, -0.05) is 40.0 Å². The van der Waals surface area contributed by atoms with Crippen LogP contribution in [0.1, 0.15) is 59.3 Å². The van der Waals surface area contributed by atoms with Gasteiger partial charge in [-0.3, -0.25) is 0 Å². The number of unbranched alkanes of at least 4 members (excludes halogenated alkanes) is 3. The van der Waals surface area contributed by atoms with E-state index in [1.165, 1.54) is 25.7 Å². The van der Waals surface area contributed by atoms with Crippen LogP contribution in [-0.2, 0) is 0 Å². The van der Waals surface area contributed by atoms with Crippen molar-refractivity contribution in [2.45, 2.75) is 59.3 Å². The van der Waals surface area contributed by atoms with E-state index < -0.39 is 0 Å². The van der Waals surface area contributed by atoms with Gasteiger partial charge in [-0.2, -0.15) is 5.26 Å². The molecule has 0 aromatic carbocycles. The molecule has 0 aliphatic heterocycles. The maximum Gasteiger partial charge on any atom is 0.0621 e. The number of nitrogens with one attached hydrogen (secondary N) is 1. The van der Waals surface area contributed by atoms with Crippen LogP contribution < -0.4 is 5.32 Å². The van der Waals surface area contributed by atoms with Crippen molar-refractivity contribution in [1.82, 2.24) is 5.32 Å². The van der Waals surface area contributed by atoms with Crippen molar-refractivity contribution in [3.63, 3.8) is 0 Å². The minimum absolute atomic E-state index is 0.264. The van der Waals surface area contributed by atoms with E-state index in [1.54, 1.807) is 0 Å². The summed E-state index contributed by atoms with van der Waals surface area (Å²) in [6, 6.07) is 2.21. The Bertz CT molecular complexity index is 179. The van der Waals surface area contributed by atoms with Crippen LogP contribution >= 0.6 is 0 Å². The number of hydrogen-bond donors (Lipinski definition) is 1. The zero-order valence-electron chi connectivity index (χ0n) is 10.6. The third-order valence-electron chi connectivity index (χ3n) is 2.72. The highest BCUT2D eigenvalue weighted by Crippen LogP contribution is 2.20. The second-order valence-corrected chi connectivity index (χ2v) is 5.06. The van der Waals surface area contributed by atoms with Gasteiger partial charge < -0.3 is 5.32 Å². The molecule has 0 aromatic heterocycles. The monoisotopic (exact) mass is 210 g/mol. The summed E-state index contributed by atoms with van der Waals surface area (Å²) >= 11 is 0. The van der Waals surface area contributed by atoms with Crippen LogP contribution in [0.2, 0.25) is 0 Å². The molecule has 0 radical (unpaired) electrons. The standard InChI is InChI=1S/C13H26N2/c1-4-5-6-7-11-15-12-13(2,3)9-8-10-14/h15H,4-9,11-12H2,1-3H3. The highest BCUT2D eigenvalue weighted by atomic mass is 14.9. The molecular weight excluding hydrogens is 184 g/mol. The Kier molecular flexibility index (Phi) is 8.41. The third kappa shape index (κ3) is 9.75. The van der Waals surface area contributed by atoms with E-state index in [4.69, 9.17) is 5.26 Å². The highest BCUT2D eigenvalue weighted by Gasteiger charge is 2.16. The molecule has 0 rings (SSSR count). The molecule has 88 valence electrons. The summed E-state index contributed by atoms with van der Waals surface area (Å²) in [5, 5.41) is 12.0. The van der Waals surface area contributed by atoms with Crippen LogP contribution in [0.3, 0.4) is 0 Å². The molecule has 0 saturated carbocycles. The molecule has 0 fully saturated rings. The Morgan fingerprint density at radius 1 is 1.20 bits per heavy atom. The van der Waals surface area contributed by atoms with Crippen LogP contribution in [0, 0.1) is 16.7 Å². The predicted molar refractivity (Wildman–Crippen MR) is 65.6 cm³/mol. The van der Waals surface area contributed by atoms with E-state index in [0.29, 0.717) is 6.42 Å². The summed E-state index contributed by atoms with van der Waals surface area (Å²) in [5.41, 5.74) is 0.264. The normalized spacial score (nSPS) is 11.3. The quantitative estimate of drug-likeness (QED) is 0.591. The van der Waals surface area contributed by atoms with Crippen molar-refractivity contribution in [3.8, 4) is 6.07 Å². The fourth-order valence-electron chi connectivity index (χ4n) is 1.59. The lowest BCUT2D eigenvalue weighted by atomic mass is 9.88. The van der Waals surface area contributed by atoms with Gasteiger partial charge >= 0.3 is 0 Å². The van der Waals surface area contributed by atoms with Gasteiger partial charge in [0.1, 0.15) is 0 Å². The maximum atomic E-state index is 8.53. The lowest BCUT2D eigenvalue weighted by Gasteiger charge is -2.23. The first-order chi connectivity index (χ1) is 7.12. The molecule has 2 heteroatoms. The van der Waals surface area contributed by atoms with Crippen molar-refractivity contribution in [2.75, 3.05) is 13.1 Å². The summed E-state index contributed by atoms with van der Waals surface area (Å²) in [7, 11) is 0. The zero-order valence-corrected chi connectivity index (χ0v) is 10.6. The van der Waals surface area contributed by atoms with Gasteiger partial charge in [-0.05, 0) is 24.8 Å². The van der Waals surface area contributed by atoms with E-state index in [-0.39, 0.29) is 5.41 Å². The highest BCUT2D eigenvalue weighted by molar-refractivity contribution is 4.78. The molecular formula is C13H26N2. The Morgan fingerprint density at radius 2 is 1.93 bits per heavy atom. The maximum absolute atomic E-state index is 8.53. The van der Waals surface area contributed by atoms with E-state index in [1.807, 2.05) is 0 Å². The third-order valence-corrected chi connectivity index (χ3v) is 2.72. The van der Waals surface area contributed by atoms with Gasteiger partial charge in [0.05, 0.1) is 6.07 Å². The number of nitriles is 1. The minimum Gasteiger partial charge on any atom is -0.316 e. The number of hydrogen-bond acceptors (Lipinski definition) is 2. The van der Waals surface area contributed by atoms with E-state index in [9.17, 15) is 0 Å². The first-order valence-electron chi connectivity index (χ1n) is 6.20. The topological polar surface area (TPSA) is 35.8 Å². The van der Waals surface area contributed by atoms with Crippen LogP contribution in [-0.4, -0.2) is 13.1 Å². The zero-order chi connectivity index (χ0) is 11.6. The summed E-state index contributed by atoms with van der Waals surface area (Å²) in [5.74, 6) is 0. The van der Waals surface area contributed by atoms with Crippen molar-refractivity contribution in [2.24, 2.45) is 5.41 Å². The molecule has 0 spiro atoms. The molecule has 0 unspecified atom stereocenters. The molecule has 0 heterocycles. The first-order valence-corrected chi connectivity index (χ1v) is 6.20. The molecule has 0 saturated heterocycles. The lowest BCUT2D eigenvalue weighted by molar-refractivity contribution is 0.317. The molecule has 0 aliphatic rings. The average molecular weight is 210 g/mol. The lowest BCUT2D eigenvalue weighted by Crippen LogP contribution is -2.30. The van der Waals surface area contributed by atoms with Crippen LogP contribution in [0.4, 0.5) is 0 Å². The van der Waals surface area contributed by atoms with E-state index >= 15 is 0 Å². The summed E-state index contributed by atoms with van der Waals surface area (Å²) < 4.78 is 0. The van der Waals surface area contributed by atoms with E-state index in [0.717, 1.165) is 19.5 Å². The number of rotatable bonds is 9. The minimum atomic E-state index is 0.264. The summed E-state index contributed by atoms with van der Waals surface area (Å²) in [4.78, 5) is 0. The van der Waals surface area contributed by atoms with Crippen LogP contribution in [0.5, 0.6) is 0 Å². The molecule has 0 bridgehead atoms. The van der Waals surface area contributed by atoms with Crippen molar-refractivity contribution in [3.05, 3.63) is 0 Å². The molecule has 0 amide bonds. The Morgan fingerprint density at radius 3 is 2.53 bits per heavy atom.